The van der Waals surface area contributed by atoms with Crippen LogP contribution in [0.2, 0.25) is 0 Å². The summed E-state index contributed by atoms with van der Waals surface area (Å²) in [5.74, 6) is 5.16. The number of carbonyl (C=O) groups is 1. The SMILES string of the molecule is O=Nc1ccccc1COC(=O)NC1CC2CC1C1C3CCC(C3)C21. The largest absolute Gasteiger partial charge is 0.445 e. The third-order valence-electron chi connectivity index (χ3n) is 7.49. The predicted octanol–water partition coefficient (Wildman–Crippen LogP) is 4.38. The smallest absolute Gasteiger partial charge is 0.407 e. The molecule has 4 aliphatic carbocycles. The normalized spacial score (nSPS) is 40.1. The molecule has 7 atom stereocenters. The van der Waals surface area contributed by atoms with Gasteiger partial charge in [-0.15, -0.1) is 4.91 Å². The summed E-state index contributed by atoms with van der Waals surface area (Å²) in [5.41, 5.74) is 0.980. The lowest BCUT2D eigenvalue weighted by molar-refractivity contribution is 0.101. The number of rotatable bonds is 4. The van der Waals surface area contributed by atoms with Crippen molar-refractivity contribution in [1.29, 1.82) is 0 Å². The number of ether oxygens (including phenoxy) is 1. The zero-order valence-electron chi connectivity index (χ0n) is 14.3. The topological polar surface area (TPSA) is 67.8 Å². The van der Waals surface area contributed by atoms with Crippen LogP contribution < -0.4 is 5.32 Å². The second kappa shape index (κ2) is 5.82. The standard InChI is InChI=1S/C20H24N2O3/c23-20(25-10-13-3-1-2-4-16(13)22-24)21-17-9-14-8-15(17)19-12-6-5-11(7-12)18(14)19/h1-4,11-12,14-15,17-19H,5-10H2,(H,21,23). The van der Waals surface area contributed by atoms with Crippen LogP contribution in [0.1, 0.15) is 37.7 Å². The Morgan fingerprint density at radius 1 is 1.08 bits per heavy atom. The maximum absolute atomic E-state index is 12.3. The average Bonchev–Trinajstić information content (AvgIpc) is 3.39. The first kappa shape index (κ1) is 15.4. The maximum Gasteiger partial charge on any atom is 0.407 e. The fourth-order valence-electron chi connectivity index (χ4n) is 6.79. The number of carbonyl (C=O) groups excluding carboxylic acids is 1. The number of hydrogen-bond donors (Lipinski definition) is 1. The van der Waals surface area contributed by atoms with Crippen molar-refractivity contribution in [3.8, 4) is 0 Å². The van der Waals surface area contributed by atoms with Gasteiger partial charge in [-0.2, -0.15) is 0 Å². The highest BCUT2D eigenvalue weighted by molar-refractivity contribution is 5.68. The van der Waals surface area contributed by atoms with E-state index in [0.29, 0.717) is 17.2 Å². The third kappa shape index (κ3) is 2.39. The highest BCUT2D eigenvalue weighted by atomic mass is 16.5. The minimum atomic E-state index is -0.363. The molecule has 0 aromatic heterocycles. The molecule has 4 aliphatic rings. The van der Waals surface area contributed by atoms with E-state index in [1.165, 1.54) is 25.7 Å². The van der Waals surface area contributed by atoms with E-state index in [2.05, 4.69) is 10.5 Å². The van der Waals surface area contributed by atoms with Gasteiger partial charge in [0.1, 0.15) is 12.3 Å². The first-order chi connectivity index (χ1) is 12.2. The molecule has 0 radical (unpaired) electrons. The van der Waals surface area contributed by atoms with Gasteiger partial charge in [-0.25, -0.2) is 4.79 Å². The van der Waals surface area contributed by atoms with Crippen molar-refractivity contribution in [2.24, 2.45) is 40.7 Å². The molecule has 0 heterocycles. The Labute approximate surface area is 147 Å². The molecule has 25 heavy (non-hydrogen) atoms. The van der Waals surface area contributed by atoms with Crippen LogP contribution in [0.5, 0.6) is 0 Å². The lowest BCUT2D eigenvalue weighted by atomic mass is 9.69. The van der Waals surface area contributed by atoms with Crippen LogP contribution in [0.4, 0.5) is 10.5 Å². The Bertz CT molecular complexity index is 706. The van der Waals surface area contributed by atoms with Gasteiger partial charge < -0.3 is 10.1 Å². The van der Waals surface area contributed by atoms with Crippen molar-refractivity contribution in [2.45, 2.75) is 44.8 Å². The van der Waals surface area contributed by atoms with E-state index in [1.807, 2.05) is 6.07 Å². The van der Waals surface area contributed by atoms with E-state index in [9.17, 15) is 9.70 Å². The number of nitroso groups, excluding NO2 is 1. The van der Waals surface area contributed by atoms with Gasteiger partial charge in [0.15, 0.2) is 0 Å². The van der Waals surface area contributed by atoms with E-state index in [0.717, 1.165) is 36.0 Å². The van der Waals surface area contributed by atoms with Gasteiger partial charge in [-0.3, -0.25) is 0 Å². The van der Waals surface area contributed by atoms with Gasteiger partial charge >= 0.3 is 6.09 Å². The summed E-state index contributed by atoms with van der Waals surface area (Å²) in [6.45, 7) is 0.0886. The monoisotopic (exact) mass is 340 g/mol. The maximum atomic E-state index is 12.3. The van der Waals surface area contributed by atoms with Crippen LogP contribution in [0.25, 0.3) is 0 Å². The highest BCUT2D eigenvalue weighted by Gasteiger charge is 2.62. The summed E-state index contributed by atoms with van der Waals surface area (Å²) in [7, 11) is 0. The first-order valence-corrected chi connectivity index (χ1v) is 9.59. The molecule has 1 N–H and O–H groups in total. The second-order valence-electron chi connectivity index (χ2n) is 8.43. The summed E-state index contributed by atoms with van der Waals surface area (Å²) in [6.07, 6.45) is 6.34. The molecule has 5 heteroatoms. The molecule has 0 saturated heterocycles. The van der Waals surface area contributed by atoms with Crippen molar-refractivity contribution in [3.05, 3.63) is 34.7 Å². The quantitative estimate of drug-likeness (QED) is 0.653. The highest BCUT2D eigenvalue weighted by Crippen LogP contribution is 2.67. The minimum Gasteiger partial charge on any atom is -0.445 e. The van der Waals surface area contributed by atoms with Crippen LogP contribution in [0, 0.1) is 40.4 Å². The number of fused-ring (bicyclic) bond motifs is 9. The number of nitrogens with zero attached hydrogens (tertiary/aromatic N) is 1. The molecular formula is C20H24N2O3. The van der Waals surface area contributed by atoms with E-state index >= 15 is 0 Å². The van der Waals surface area contributed by atoms with E-state index in [4.69, 9.17) is 4.74 Å². The lowest BCUT2D eigenvalue weighted by Crippen LogP contribution is -2.45. The summed E-state index contributed by atoms with van der Waals surface area (Å²) in [5, 5.41) is 6.10. The summed E-state index contributed by atoms with van der Waals surface area (Å²) >= 11 is 0. The van der Waals surface area contributed by atoms with E-state index in [1.54, 1.807) is 18.2 Å². The molecular weight excluding hydrogens is 316 g/mol. The molecule has 1 aromatic rings. The van der Waals surface area contributed by atoms with Gasteiger partial charge in [0.25, 0.3) is 0 Å². The van der Waals surface area contributed by atoms with Crippen molar-refractivity contribution < 1.29 is 9.53 Å². The van der Waals surface area contributed by atoms with Gasteiger partial charge in [-0.05, 0) is 78.9 Å². The predicted molar refractivity (Wildman–Crippen MR) is 93.0 cm³/mol. The summed E-state index contributed by atoms with van der Waals surface area (Å²) in [4.78, 5) is 23.1. The summed E-state index contributed by atoms with van der Waals surface area (Å²) < 4.78 is 5.36. The second-order valence-corrected chi connectivity index (χ2v) is 8.43. The Morgan fingerprint density at radius 3 is 2.72 bits per heavy atom. The van der Waals surface area contributed by atoms with Gasteiger partial charge in [-0.1, -0.05) is 18.2 Å². The molecule has 7 unspecified atom stereocenters. The first-order valence-electron chi connectivity index (χ1n) is 9.59. The average molecular weight is 340 g/mol. The fourth-order valence-corrected chi connectivity index (χ4v) is 6.79. The van der Waals surface area contributed by atoms with Crippen LogP contribution in [0.15, 0.2) is 29.4 Å². The third-order valence-corrected chi connectivity index (χ3v) is 7.49. The molecule has 5 nitrogen and oxygen atoms in total. The van der Waals surface area contributed by atoms with E-state index < -0.39 is 0 Å². The zero-order chi connectivity index (χ0) is 17.0. The molecule has 132 valence electrons. The van der Waals surface area contributed by atoms with Crippen molar-refractivity contribution in [1.82, 2.24) is 5.32 Å². The van der Waals surface area contributed by atoms with E-state index in [-0.39, 0.29) is 18.7 Å². The number of benzene rings is 1. The zero-order valence-corrected chi connectivity index (χ0v) is 14.3. The van der Waals surface area contributed by atoms with Gasteiger partial charge in [0.2, 0.25) is 0 Å². The van der Waals surface area contributed by atoms with Crippen LogP contribution >= 0.6 is 0 Å². The molecule has 1 aromatic carbocycles. The molecule has 4 fully saturated rings. The number of hydrogen-bond acceptors (Lipinski definition) is 4. The molecule has 0 aliphatic heterocycles. The molecule has 4 saturated carbocycles. The minimum absolute atomic E-state index is 0.0886. The molecule has 0 spiro atoms. The number of alkyl carbamates (subject to hydrolysis) is 1. The van der Waals surface area contributed by atoms with Gasteiger partial charge in [0, 0.05) is 11.6 Å². The Hall–Kier alpha value is -1.91. The van der Waals surface area contributed by atoms with Crippen molar-refractivity contribution in [3.63, 3.8) is 0 Å². The molecule has 4 bridgehead atoms. The Morgan fingerprint density at radius 2 is 1.88 bits per heavy atom. The van der Waals surface area contributed by atoms with Crippen LogP contribution in [-0.2, 0) is 11.3 Å². The van der Waals surface area contributed by atoms with Gasteiger partial charge in [0.05, 0.1) is 0 Å². The molecule has 1 amide bonds. The van der Waals surface area contributed by atoms with Crippen LogP contribution in [0.3, 0.4) is 0 Å². The Balaban J connectivity index is 1.19. The molecule has 5 rings (SSSR count). The van der Waals surface area contributed by atoms with Crippen molar-refractivity contribution >= 4 is 11.8 Å². The van der Waals surface area contributed by atoms with Crippen molar-refractivity contribution in [2.75, 3.05) is 0 Å². The number of amides is 1. The summed E-state index contributed by atoms with van der Waals surface area (Å²) in [6, 6.07) is 7.24. The number of nitrogens with one attached hydrogen (secondary N) is 1. The lowest BCUT2D eigenvalue weighted by Gasteiger charge is -2.38. The van der Waals surface area contributed by atoms with Crippen LogP contribution in [-0.4, -0.2) is 12.1 Å². The Kier molecular flexibility index (Phi) is 3.57. The fraction of sp³-hybridized carbons (Fsp3) is 0.650.